The monoisotopic (exact) mass is 333 g/mol. The van der Waals surface area contributed by atoms with E-state index in [0.29, 0.717) is 0 Å². The summed E-state index contributed by atoms with van der Waals surface area (Å²) in [5.41, 5.74) is 0.188. The Morgan fingerprint density at radius 3 is 2.50 bits per heavy atom. The number of halogens is 2. The van der Waals surface area contributed by atoms with Crippen molar-refractivity contribution in [1.82, 2.24) is 0 Å². The molecule has 1 amide bonds. The van der Waals surface area contributed by atoms with E-state index in [1.54, 1.807) is 0 Å². The SMILES string of the molecule is CS(=O)(=O)c1c(Cl)cccc1NC(=O)c1ccoc1Cl. The van der Waals surface area contributed by atoms with Crippen LogP contribution in [0.25, 0.3) is 0 Å². The molecule has 0 radical (unpaired) electrons. The molecule has 0 aliphatic rings. The van der Waals surface area contributed by atoms with Gasteiger partial charge >= 0.3 is 0 Å². The van der Waals surface area contributed by atoms with Crippen molar-refractivity contribution in [1.29, 1.82) is 0 Å². The molecule has 20 heavy (non-hydrogen) atoms. The van der Waals surface area contributed by atoms with E-state index in [4.69, 9.17) is 27.6 Å². The second-order valence-corrected chi connectivity index (χ2v) is 6.65. The molecule has 0 saturated carbocycles. The third kappa shape index (κ3) is 2.98. The van der Waals surface area contributed by atoms with Crippen LogP contribution >= 0.6 is 23.2 Å². The van der Waals surface area contributed by atoms with Gasteiger partial charge < -0.3 is 9.73 Å². The van der Waals surface area contributed by atoms with Gasteiger partial charge in [0.2, 0.25) is 5.22 Å². The highest BCUT2D eigenvalue weighted by Gasteiger charge is 2.20. The van der Waals surface area contributed by atoms with Gasteiger partial charge in [-0.3, -0.25) is 4.79 Å². The number of hydrogen-bond donors (Lipinski definition) is 1. The maximum absolute atomic E-state index is 12.0. The van der Waals surface area contributed by atoms with E-state index < -0.39 is 15.7 Å². The molecule has 0 spiro atoms. The quantitative estimate of drug-likeness (QED) is 0.935. The zero-order chi connectivity index (χ0) is 14.9. The van der Waals surface area contributed by atoms with E-state index in [-0.39, 0.29) is 26.4 Å². The van der Waals surface area contributed by atoms with Gasteiger partial charge in [-0.2, -0.15) is 0 Å². The molecule has 0 saturated heterocycles. The van der Waals surface area contributed by atoms with Gasteiger partial charge in [-0.1, -0.05) is 17.7 Å². The van der Waals surface area contributed by atoms with E-state index in [1.807, 2.05) is 0 Å². The van der Waals surface area contributed by atoms with Gasteiger partial charge in [0.1, 0.15) is 4.90 Å². The summed E-state index contributed by atoms with van der Waals surface area (Å²) in [6.45, 7) is 0. The predicted octanol–water partition coefficient (Wildman–Crippen LogP) is 3.24. The Labute approximate surface area is 125 Å². The fourth-order valence-electron chi connectivity index (χ4n) is 1.63. The van der Waals surface area contributed by atoms with Gasteiger partial charge in [0.05, 0.1) is 22.5 Å². The maximum Gasteiger partial charge on any atom is 0.260 e. The minimum atomic E-state index is -3.59. The molecule has 0 aliphatic heterocycles. The van der Waals surface area contributed by atoms with Crippen LogP contribution in [0.4, 0.5) is 5.69 Å². The standard InChI is InChI=1S/C12H9Cl2NO4S/c1-20(17,18)10-8(13)3-2-4-9(10)15-12(16)7-5-6-19-11(7)14/h2-6H,1H3,(H,15,16). The summed E-state index contributed by atoms with van der Waals surface area (Å²) in [6, 6.07) is 5.78. The second kappa shape index (κ2) is 5.47. The van der Waals surface area contributed by atoms with Crippen molar-refractivity contribution in [2.45, 2.75) is 4.90 Å². The molecule has 5 nitrogen and oxygen atoms in total. The van der Waals surface area contributed by atoms with Crippen molar-refractivity contribution in [2.24, 2.45) is 0 Å². The first kappa shape index (κ1) is 14.9. The van der Waals surface area contributed by atoms with Crippen LogP contribution < -0.4 is 5.32 Å². The molecule has 2 rings (SSSR count). The van der Waals surface area contributed by atoms with Crippen molar-refractivity contribution in [3.63, 3.8) is 0 Å². The lowest BCUT2D eigenvalue weighted by atomic mass is 10.2. The first-order valence-corrected chi connectivity index (χ1v) is 7.98. The molecule has 2 aromatic rings. The van der Waals surface area contributed by atoms with Crippen molar-refractivity contribution in [3.8, 4) is 0 Å². The van der Waals surface area contributed by atoms with Gasteiger partial charge in [-0.05, 0) is 29.8 Å². The first-order chi connectivity index (χ1) is 9.30. The van der Waals surface area contributed by atoms with E-state index in [0.717, 1.165) is 6.26 Å². The number of benzene rings is 1. The maximum atomic E-state index is 12.0. The molecule has 0 bridgehead atoms. The van der Waals surface area contributed by atoms with Crippen LogP contribution in [0.2, 0.25) is 10.2 Å². The molecule has 106 valence electrons. The van der Waals surface area contributed by atoms with Gasteiger partial charge in [-0.15, -0.1) is 0 Å². The van der Waals surface area contributed by atoms with Gasteiger partial charge in [0, 0.05) is 6.26 Å². The number of carbonyl (C=O) groups is 1. The molecule has 0 fully saturated rings. The fourth-order valence-corrected chi connectivity index (χ4v) is 3.37. The summed E-state index contributed by atoms with van der Waals surface area (Å²) < 4.78 is 28.3. The highest BCUT2D eigenvalue weighted by atomic mass is 35.5. The summed E-state index contributed by atoms with van der Waals surface area (Å²) in [6.07, 6.45) is 2.27. The van der Waals surface area contributed by atoms with Gasteiger partial charge in [-0.25, -0.2) is 8.42 Å². The number of sulfone groups is 1. The molecule has 0 unspecified atom stereocenters. The minimum Gasteiger partial charge on any atom is -0.452 e. The number of nitrogens with one attached hydrogen (secondary N) is 1. The van der Waals surface area contributed by atoms with Crippen LogP contribution in [0.15, 0.2) is 39.8 Å². The Balaban J connectivity index is 2.43. The van der Waals surface area contributed by atoms with Crippen molar-refractivity contribution in [2.75, 3.05) is 11.6 Å². The Kier molecular flexibility index (Phi) is 4.08. The molecule has 8 heteroatoms. The van der Waals surface area contributed by atoms with E-state index >= 15 is 0 Å². The number of rotatable bonds is 3. The molecule has 0 aliphatic carbocycles. The van der Waals surface area contributed by atoms with Crippen LogP contribution in [-0.2, 0) is 9.84 Å². The minimum absolute atomic E-state index is 0.0311. The Morgan fingerprint density at radius 1 is 1.25 bits per heavy atom. The predicted molar refractivity (Wildman–Crippen MR) is 76.2 cm³/mol. The average molecular weight is 334 g/mol. The van der Waals surface area contributed by atoms with Crippen molar-refractivity contribution < 1.29 is 17.6 Å². The second-order valence-electron chi connectivity index (χ2n) is 3.95. The number of amides is 1. The number of furan rings is 1. The summed E-state index contributed by atoms with van der Waals surface area (Å²) in [4.78, 5) is 11.8. The molecule has 1 N–H and O–H groups in total. The highest BCUT2D eigenvalue weighted by Crippen LogP contribution is 2.30. The first-order valence-electron chi connectivity index (χ1n) is 5.33. The third-order valence-electron chi connectivity index (χ3n) is 2.45. The van der Waals surface area contributed by atoms with Crippen molar-refractivity contribution in [3.05, 3.63) is 46.3 Å². The average Bonchev–Trinajstić information content (AvgIpc) is 2.73. The Bertz CT molecular complexity index is 768. The van der Waals surface area contributed by atoms with E-state index in [2.05, 4.69) is 5.32 Å². The van der Waals surface area contributed by atoms with Gasteiger partial charge in [0.25, 0.3) is 5.91 Å². The van der Waals surface area contributed by atoms with E-state index in [9.17, 15) is 13.2 Å². The summed E-state index contributed by atoms with van der Waals surface area (Å²) in [5.74, 6) is -0.587. The molecular weight excluding hydrogens is 325 g/mol. The molecule has 0 atom stereocenters. The summed E-state index contributed by atoms with van der Waals surface area (Å²) in [7, 11) is -3.59. The number of carbonyl (C=O) groups excluding carboxylic acids is 1. The molecule has 1 heterocycles. The molecule has 1 aromatic carbocycles. The Morgan fingerprint density at radius 2 is 1.95 bits per heavy atom. The fraction of sp³-hybridized carbons (Fsp3) is 0.0833. The lowest BCUT2D eigenvalue weighted by molar-refractivity contribution is 0.102. The highest BCUT2D eigenvalue weighted by molar-refractivity contribution is 7.91. The molecule has 1 aromatic heterocycles. The van der Waals surface area contributed by atoms with Crippen LogP contribution in [0.5, 0.6) is 0 Å². The van der Waals surface area contributed by atoms with Crippen LogP contribution in [-0.4, -0.2) is 20.6 Å². The molecular formula is C12H9Cl2NO4S. The smallest absolute Gasteiger partial charge is 0.260 e. The zero-order valence-corrected chi connectivity index (χ0v) is 12.5. The number of hydrogen-bond acceptors (Lipinski definition) is 4. The van der Waals surface area contributed by atoms with Crippen molar-refractivity contribution >= 4 is 44.6 Å². The largest absolute Gasteiger partial charge is 0.452 e. The summed E-state index contributed by atoms with van der Waals surface area (Å²) in [5, 5.41) is 2.41. The lowest BCUT2D eigenvalue weighted by Crippen LogP contribution is -2.14. The van der Waals surface area contributed by atoms with Crippen LogP contribution in [0, 0.1) is 0 Å². The topological polar surface area (TPSA) is 76.4 Å². The number of anilines is 1. The Hall–Kier alpha value is -1.50. The summed E-state index contributed by atoms with van der Waals surface area (Å²) >= 11 is 11.6. The van der Waals surface area contributed by atoms with Gasteiger partial charge in [0.15, 0.2) is 9.84 Å². The normalized spacial score (nSPS) is 11.3. The third-order valence-corrected chi connectivity index (χ3v) is 4.35. The lowest BCUT2D eigenvalue weighted by Gasteiger charge is -2.10. The van der Waals surface area contributed by atoms with E-state index in [1.165, 1.54) is 30.5 Å². The zero-order valence-electron chi connectivity index (χ0n) is 10.2. The van der Waals surface area contributed by atoms with Crippen LogP contribution in [0.1, 0.15) is 10.4 Å². The van der Waals surface area contributed by atoms with Crippen LogP contribution in [0.3, 0.4) is 0 Å².